The van der Waals surface area contributed by atoms with Gasteiger partial charge in [0, 0.05) is 17.0 Å². The van der Waals surface area contributed by atoms with Crippen LogP contribution in [0, 0.1) is 0 Å². The van der Waals surface area contributed by atoms with Crippen molar-refractivity contribution in [2.75, 3.05) is 27.8 Å². The van der Waals surface area contributed by atoms with E-state index < -0.39 is 17.6 Å². The number of hydrogen-bond acceptors (Lipinski definition) is 6. The Labute approximate surface area is 147 Å². The molecule has 1 aromatic carbocycles. The van der Waals surface area contributed by atoms with Crippen molar-refractivity contribution in [3.05, 3.63) is 34.6 Å². The number of aromatic hydroxyl groups is 1. The lowest BCUT2D eigenvalue weighted by molar-refractivity contribution is -0.0334. The minimum atomic E-state index is -1.03. The van der Waals surface area contributed by atoms with Gasteiger partial charge in [-0.2, -0.15) is 0 Å². The molecule has 6 heteroatoms. The van der Waals surface area contributed by atoms with E-state index in [-0.39, 0.29) is 11.8 Å². The molecule has 0 radical (unpaired) electrons. The van der Waals surface area contributed by atoms with E-state index in [1.54, 1.807) is 6.07 Å². The monoisotopic (exact) mass is 347 g/mol. The first kappa shape index (κ1) is 16.7. The third kappa shape index (κ3) is 2.08. The highest BCUT2D eigenvalue weighted by molar-refractivity contribution is 5.62. The molecule has 1 saturated heterocycles. The minimum absolute atomic E-state index is 0.0890. The number of hydrogen-bond donors (Lipinski definition) is 3. The van der Waals surface area contributed by atoms with Crippen LogP contribution in [0.4, 0.5) is 0 Å². The molecule has 1 fully saturated rings. The van der Waals surface area contributed by atoms with Crippen molar-refractivity contribution in [1.82, 2.24) is 4.90 Å². The summed E-state index contributed by atoms with van der Waals surface area (Å²) >= 11 is 0. The van der Waals surface area contributed by atoms with Crippen LogP contribution in [-0.2, 0) is 16.6 Å². The summed E-state index contributed by atoms with van der Waals surface area (Å²) in [6, 6.07) is 3.88. The van der Waals surface area contributed by atoms with Crippen molar-refractivity contribution < 1.29 is 24.8 Å². The second kappa shape index (κ2) is 5.62. The molecule has 25 heavy (non-hydrogen) atoms. The molecule has 0 saturated carbocycles. The Balaban J connectivity index is 2.05. The second-order valence-corrected chi connectivity index (χ2v) is 7.38. The summed E-state index contributed by atoms with van der Waals surface area (Å²) in [6.45, 7) is 0.851. The minimum Gasteiger partial charge on any atom is -0.504 e. The summed E-state index contributed by atoms with van der Waals surface area (Å²) in [7, 11) is 5.14. The van der Waals surface area contributed by atoms with Crippen molar-refractivity contribution in [2.24, 2.45) is 0 Å². The Hall–Kier alpha value is -1.76. The van der Waals surface area contributed by atoms with Crippen molar-refractivity contribution in [3.63, 3.8) is 0 Å². The molecule has 1 aromatic rings. The molecule has 4 rings (SSSR count). The third-order valence-electron chi connectivity index (χ3n) is 6.29. The van der Waals surface area contributed by atoms with Crippen LogP contribution >= 0.6 is 0 Å². The number of aliphatic hydroxyl groups is 2. The van der Waals surface area contributed by atoms with Crippen molar-refractivity contribution in [3.8, 4) is 11.5 Å². The maximum Gasteiger partial charge on any atom is 0.162 e. The molecule has 0 unspecified atom stereocenters. The number of methoxy groups -OCH3 is 2. The Morgan fingerprint density at radius 3 is 2.64 bits per heavy atom. The average molecular weight is 347 g/mol. The number of fused-ring (bicyclic) bond motifs is 1. The number of benzene rings is 1. The summed E-state index contributed by atoms with van der Waals surface area (Å²) in [5, 5.41) is 31.9. The van der Waals surface area contributed by atoms with Crippen LogP contribution < -0.4 is 4.74 Å². The van der Waals surface area contributed by atoms with E-state index in [0.29, 0.717) is 17.9 Å². The van der Waals surface area contributed by atoms with E-state index in [9.17, 15) is 15.3 Å². The quantitative estimate of drug-likeness (QED) is 0.738. The second-order valence-electron chi connectivity index (χ2n) is 7.38. The zero-order valence-corrected chi connectivity index (χ0v) is 14.8. The van der Waals surface area contributed by atoms with Crippen LogP contribution in [0.5, 0.6) is 11.5 Å². The summed E-state index contributed by atoms with van der Waals surface area (Å²) in [4.78, 5) is 2.27. The number of phenols is 1. The summed E-state index contributed by atoms with van der Waals surface area (Å²) in [6.07, 6.45) is -0.111. The average Bonchev–Trinajstić information content (AvgIpc) is 2.59. The number of nitrogens with zero attached hydrogens (tertiary/aromatic N) is 1. The smallest absolute Gasteiger partial charge is 0.162 e. The first-order chi connectivity index (χ1) is 11.9. The topological polar surface area (TPSA) is 82.4 Å². The highest BCUT2D eigenvalue weighted by atomic mass is 16.5. The predicted molar refractivity (Wildman–Crippen MR) is 91.7 cm³/mol. The first-order valence-corrected chi connectivity index (χ1v) is 8.68. The van der Waals surface area contributed by atoms with Gasteiger partial charge in [0.05, 0.1) is 20.3 Å². The molecule has 0 aromatic heterocycles. The lowest BCUT2D eigenvalue weighted by atomic mass is 9.55. The number of phenolic OH excluding ortho intramolecular Hbond substituents is 1. The first-order valence-electron chi connectivity index (χ1n) is 8.68. The van der Waals surface area contributed by atoms with Crippen LogP contribution in [0.25, 0.3) is 0 Å². The lowest BCUT2D eigenvalue weighted by Gasteiger charge is -2.56. The predicted octanol–water partition coefficient (Wildman–Crippen LogP) is 0.925. The molecular weight excluding hydrogens is 322 g/mol. The third-order valence-corrected chi connectivity index (χ3v) is 6.29. The van der Waals surface area contributed by atoms with Gasteiger partial charge in [-0.05, 0) is 50.1 Å². The molecule has 3 N–H and O–H groups in total. The Morgan fingerprint density at radius 2 is 1.96 bits per heavy atom. The number of likely N-dealkylation sites (N-methyl/N-ethyl adjacent to an activating group) is 1. The molecule has 2 bridgehead atoms. The molecule has 0 spiro atoms. The van der Waals surface area contributed by atoms with Gasteiger partial charge in [-0.25, -0.2) is 0 Å². The molecule has 3 aliphatic rings. The largest absolute Gasteiger partial charge is 0.504 e. The number of rotatable bonds is 2. The van der Waals surface area contributed by atoms with Gasteiger partial charge in [-0.3, -0.25) is 4.90 Å². The maximum absolute atomic E-state index is 10.9. The van der Waals surface area contributed by atoms with E-state index in [4.69, 9.17) is 9.47 Å². The zero-order chi connectivity index (χ0) is 17.9. The number of ether oxygens (including phenoxy) is 2. The van der Waals surface area contributed by atoms with E-state index in [1.807, 2.05) is 6.07 Å². The highest BCUT2D eigenvalue weighted by Crippen LogP contribution is 2.58. The fraction of sp³-hybridized carbons (Fsp3) is 0.579. The molecular formula is C19H25NO5. The van der Waals surface area contributed by atoms with Gasteiger partial charge in [0.1, 0.15) is 11.9 Å². The summed E-state index contributed by atoms with van der Waals surface area (Å²) in [5.74, 6) is 1.02. The fourth-order valence-electron chi connectivity index (χ4n) is 5.15. The van der Waals surface area contributed by atoms with Gasteiger partial charge in [-0.1, -0.05) is 6.07 Å². The van der Waals surface area contributed by atoms with E-state index in [2.05, 4.69) is 11.9 Å². The molecule has 2 aliphatic carbocycles. The van der Waals surface area contributed by atoms with Crippen molar-refractivity contribution in [1.29, 1.82) is 0 Å². The van der Waals surface area contributed by atoms with Crippen LogP contribution in [-0.4, -0.2) is 66.3 Å². The Kier molecular flexibility index (Phi) is 3.76. The van der Waals surface area contributed by atoms with Crippen LogP contribution in [0.2, 0.25) is 0 Å². The molecule has 4 atom stereocenters. The van der Waals surface area contributed by atoms with Gasteiger partial charge >= 0.3 is 0 Å². The number of piperidine rings is 1. The van der Waals surface area contributed by atoms with Crippen LogP contribution in [0.15, 0.2) is 23.5 Å². The van der Waals surface area contributed by atoms with Crippen molar-refractivity contribution >= 4 is 0 Å². The summed E-state index contributed by atoms with van der Waals surface area (Å²) in [5.41, 5.74) is 2.36. The molecule has 6 nitrogen and oxygen atoms in total. The summed E-state index contributed by atoms with van der Waals surface area (Å²) < 4.78 is 10.9. The maximum atomic E-state index is 10.9. The van der Waals surface area contributed by atoms with E-state index in [1.165, 1.54) is 14.2 Å². The van der Waals surface area contributed by atoms with Crippen LogP contribution in [0.1, 0.15) is 24.0 Å². The van der Waals surface area contributed by atoms with Crippen LogP contribution in [0.3, 0.4) is 0 Å². The Bertz CT molecular complexity index is 746. The normalized spacial score (nSPS) is 34.4. The molecule has 1 heterocycles. The number of likely N-dealkylation sites (tertiary alicyclic amines) is 1. The lowest BCUT2D eigenvalue weighted by Crippen LogP contribution is -2.59. The molecule has 0 amide bonds. The van der Waals surface area contributed by atoms with Gasteiger partial charge in [0.15, 0.2) is 11.5 Å². The van der Waals surface area contributed by atoms with Gasteiger partial charge in [-0.15, -0.1) is 0 Å². The fourth-order valence-corrected chi connectivity index (χ4v) is 5.15. The molecule has 136 valence electrons. The van der Waals surface area contributed by atoms with E-state index >= 15 is 0 Å². The van der Waals surface area contributed by atoms with Crippen molar-refractivity contribution in [2.45, 2.75) is 42.9 Å². The SMILES string of the molecule is COC1=C2[C@@H]3Cc4ccc(OC)c(O)c4[C@]2(CCN3C)C[C@H](O)[C@@H]1O. The van der Waals surface area contributed by atoms with Gasteiger partial charge in [0.2, 0.25) is 0 Å². The van der Waals surface area contributed by atoms with Gasteiger partial charge in [0.25, 0.3) is 0 Å². The van der Waals surface area contributed by atoms with Gasteiger partial charge < -0.3 is 24.8 Å². The number of aliphatic hydroxyl groups excluding tert-OH is 2. The molecule has 1 aliphatic heterocycles. The zero-order valence-electron chi connectivity index (χ0n) is 14.8. The Morgan fingerprint density at radius 1 is 1.20 bits per heavy atom. The van der Waals surface area contributed by atoms with E-state index in [0.717, 1.165) is 36.1 Å². The highest BCUT2D eigenvalue weighted by Gasteiger charge is 2.57. The standard InChI is InChI=1S/C19H25NO5/c1-20-7-6-19-9-12(21)16(22)18(25-3)15(19)11(20)8-10-4-5-13(24-2)17(23)14(10)19/h4-5,11-12,16,21-23H,6-9H2,1-3H3/t11-,12-,16-,19-/m0/s1.